The lowest BCUT2D eigenvalue weighted by Gasteiger charge is -2.11. The van der Waals surface area contributed by atoms with Gasteiger partial charge < -0.3 is 19.3 Å². The summed E-state index contributed by atoms with van der Waals surface area (Å²) in [5.74, 6) is 1.78. The van der Waals surface area contributed by atoms with E-state index in [-0.39, 0.29) is 5.75 Å². The Morgan fingerprint density at radius 2 is 1.74 bits per heavy atom. The van der Waals surface area contributed by atoms with Crippen molar-refractivity contribution in [1.82, 2.24) is 4.68 Å². The Kier molecular flexibility index (Phi) is 7.89. The number of nitrogens with zero attached hydrogens (tertiary/aromatic N) is 3. The number of halogens is 1. The number of aromatic hydroxyl groups is 1. The number of rotatable bonds is 8. The summed E-state index contributed by atoms with van der Waals surface area (Å²) in [6.45, 7) is 0.518. The lowest BCUT2D eigenvalue weighted by Crippen LogP contribution is -2.12. The Morgan fingerprint density at radius 1 is 0.971 bits per heavy atom. The van der Waals surface area contributed by atoms with Crippen LogP contribution in [-0.4, -0.2) is 37.3 Å². The average molecular weight is 554 g/mol. The van der Waals surface area contributed by atoms with E-state index in [1.807, 2.05) is 53.9 Å². The minimum Gasteiger partial charge on any atom is -0.503 e. The van der Waals surface area contributed by atoms with E-state index in [1.165, 1.54) is 18.4 Å². The van der Waals surface area contributed by atoms with Gasteiger partial charge in [0.25, 0.3) is 0 Å². The molecule has 7 nitrogen and oxygen atoms in total. The lowest BCUT2D eigenvalue weighted by atomic mass is 10.1. The first-order valence-electron chi connectivity index (χ1n) is 10.6. The van der Waals surface area contributed by atoms with Gasteiger partial charge in [-0.05, 0) is 57.4 Å². The third kappa shape index (κ3) is 5.58. The maximum Gasteiger partial charge on any atom is 0.206 e. The minimum absolute atomic E-state index is 0.0354. The minimum atomic E-state index is 0.0354. The van der Waals surface area contributed by atoms with Crippen molar-refractivity contribution in [3.8, 4) is 34.3 Å². The van der Waals surface area contributed by atoms with Crippen LogP contribution in [0.2, 0.25) is 0 Å². The largest absolute Gasteiger partial charge is 0.503 e. The zero-order valence-corrected chi connectivity index (χ0v) is 21.8. The van der Waals surface area contributed by atoms with Gasteiger partial charge in [0.15, 0.2) is 11.5 Å². The Labute approximate surface area is 215 Å². The van der Waals surface area contributed by atoms with Crippen molar-refractivity contribution in [3.63, 3.8) is 0 Å². The molecule has 0 aliphatic carbocycles. The second-order valence-corrected chi connectivity index (χ2v) is 9.07. The van der Waals surface area contributed by atoms with Crippen molar-refractivity contribution in [2.45, 2.75) is 6.54 Å². The molecule has 0 atom stereocenters. The molecule has 0 unspecified atom stereocenters. The first kappa shape index (κ1) is 24.6. The van der Waals surface area contributed by atoms with Gasteiger partial charge in [0.05, 0.1) is 44.3 Å². The number of methoxy groups -OCH3 is 3. The van der Waals surface area contributed by atoms with Crippen molar-refractivity contribution >= 4 is 33.5 Å². The first-order chi connectivity index (χ1) is 17.0. The summed E-state index contributed by atoms with van der Waals surface area (Å²) in [4.78, 5) is 5.54. The van der Waals surface area contributed by atoms with Crippen LogP contribution in [0.25, 0.3) is 11.3 Å². The van der Waals surface area contributed by atoms with Crippen LogP contribution in [0, 0.1) is 0 Å². The summed E-state index contributed by atoms with van der Waals surface area (Å²) in [6, 6.07) is 19.1. The summed E-state index contributed by atoms with van der Waals surface area (Å²) >= 11 is 4.85. The summed E-state index contributed by atoms with van der Waals surface area (Å²) < 4.78 is 18.6. The highest BCUT2D eigenvalue weighted by molar-refractivity contribution is 9.10. The normalized spacial score (nSPS) is 11.7. The lowest BCUT2D eigenvalue weighted by molar-refractivity contribution is 0.372. The Hall–Kier alpha value is -3.56. The molecule has 0 fully saturated rings. The SMILES string of the molecule is COc1ccc(OC)c(-c2csc(=NCc3ccccc3)n2N=Cc2cc(Br)c(O)c(OC)c2)c1. The van der Waals surface area contributed by atoms with E-state index >= 15 is 0 Å². The van der Waals surface area contributed by atoms with Crippen LogP contribution >= 0.6 is 27.3 Å². The van der Waals surface area contributed by atoms with Crippen molar-refractivity contribution in [2.75, 3.05) is 21.3 Å². The molecule has 0 bridgehead atoms. The van der Waals surface area contributed by atoms with Gasteiger partial charge in [-0.1, -0.05) is 30.3 Å². The average Bonchev–Trinajstić information content (AvgIpc) is 3.30. The van der Waals surface area contributed by atoms with Gasteiger partial charge in [0.1, 0.15) is 11.5 Å². The number of ether oxygens (including phenoxy) is 3. The molecule has 4 aromatic rings. The second-order valence-electron chi connectivity index (χ2n) is 7.38. The Balaban J connectivity index is 1.84. The summed E-state index contributed by atoms with van der Waals surface area (Å²) in [7, 11) is 4.76. The Morgan fingerprint density at radius 3 is 2.46 bits per heavy atom. The molecular formula is C26H24BrN3O4S. The molecule has 0 aliphatic heterocycles. The summed E-state index contributed by atoms with van der Waals surface area (Å²) in [5, 5.41) is 16.9. The monoisotopic (exact) mass is 553 g/mol. The van der Waals surface area contributed by atoms with Crippen molar-refractivity contribution in [3.05, 3.63) is 86.4 Å². The quantitative estimate of drug-likeness (QED) is 0.284. The van der Waals surface area contributed by atoms with Crippen LogP contribution in [-0.2, 0) is 6.54 Å². The number of hydrogen-bond acceptors (Lipinski definition) is 7. The number of phenolic OH excluding ortho intramolecular Hbond substituents is 1. The molecule has 180 valence electrons. The number of aromatic nitrogens is 1. The fourth-order valence-corrected chi connectivity index (χ4v) is 4.70. The molecule has 4 rings (SSSR count). The molecule has 9 heteroatoms. The maximum absolute atomic E-state index is 10.1. The van der Waals surface area contributed by atoms with E-state index in [9.17, 15) is 5.11 Å². The number of benzene rings is 3. The number of phenols is 1. The molecule has 1 aromatic heterocycles. The second kappa shape index (κ2) is 11.2. The maximum atomic E-state index is 10.1. The van der Waals surface area contributed by atoms with E-state index in [2.05, 4.69) is 15.9 Å². The predicted molar refractivity (Wildman–Crippen MR) is 142 cm³/mol. The summed E-state index contributed by atoms with van der Waals surface area (Å²) in [6.07, 6.45) is 1.69. The van der Waals surface area contributed by atoms with Gasteiger partial charge >= 0.3 is 0 Å². The highest BCUT2D eigenvalue weighted by atomic mass is 79.9. The van der Waals surface area contributed by atoms with Crippen molar-refractivity contribution in [2.24, 2.45) is 10.1 Å². The highest BCUT2D eigenvalue weighted by Crippen LogP contribution is 2.35. The van der Waals surface area contributed by atoms with Crippen LogP contribution in [0.1, 0.15) is 11.1 Å². The van der Waals surface area contributed by atoms with Gasteiger partial charge in [0.2, 0.25) is 4.80 Å². The molecule has 0 aliphatic rings. The van der Waals surface area contributed by atoms with Crippen LogP contribution in [0.3, 0.4) is 0 Å². The van der Waals surface area contributed by atoms with Crippen molar-refractivity contribution < 1.29 is 19.3 Å². The smallest absolute Gasteiger partial charge is 0.206 e. The molecule has 0 amide bonds. The van der Waals surface area contributed by atoms with Crippen LogP contribution in [0.4, 0.5) is 0 Å². The zero-order chi connectivity index (χ0) is 24.8. The highest BCUT2D eigenvalue weighted by Gasteiger charge is 2.14. The third-order valence-electron chi connectivity index (χ3n) is 5.20. The molecule has 3 aromatic carbocycles. The number of hydrogen-bond donors (Lipinski definition) is 1. The van der Waals surface area contributed by atoms with E-state index in [0.717, 1.165) is 27.2 Å². The standard InChI is InChI=1S/C26H24BrN3O4S/c1-32-19-9-10-23(33-2)20(13-19)22-16-35-26(28-14-17-7-5-4-6-8-17)30(22)29-15-18-11-21(27)25(31)24(12-18)34-3/h4-13,15-16,31H,14H2,1-3H3. The van der Waals surface area contributed by atoms with Crippen LogP contribution < -0.4 is 19.0 Å². The van der Waals surface area contributed by atoms with E-state index in [4.69, 9.17) is 24.3 Å². The fraction of sp³-hybridized carbons (Fsp3) is 0.154. The molecule has 1 N–H and O–H groups in total. The molecule has 1 heterocycles. The van der Waals surface area contributed by atoms with E-state index in [1.54, 1.807) is 37.2 Å². The van der Waals surface area contributed by atoms with Gasteiger partial charge in [-0.25, -0.2) is 4.68 Å². The molecule has 0 saturated carbocycles. The van der Waals surface area contributed by atoms with E-state index in [0.29, 0.717) is 28.3 Å². The predicted octanol–water partition coefficient (Wildman–Crippen LogP) is 5.69. The van der Waals surface area contributed by atoms with Crippen LogP contribution in [0.5, 0.6) is 23.0 Å². The van der Waals surface area contributed by atoms with Gasteiger partial charge in [-0.3, -0.25) is 4.99 Å². The molecule has 0 spiro atoms. The third-order valence-corrected chi connectivity index (χ3v) is 6.66. The van der Waals surface area contributed by atoms with E-state index < -0.39 is 0 Å². The van der Waals surface area contributed by atoms with Gasteiger partial charge in [-0.2, -0.15) is 5.10 Å². The zero-order valence-electron chi connectivity index (χ0n) is 19.4. The van der Waals surface area contributed by atoms with Gasteiger partial charge in [0, 0.05) is 10.9 Å². The van der Waals surface area contributed by atoms with Crippen LogP contribution in [0.15, 0.2) is 80.6 Å². The van der Waals surface area contributed by atoms with Crippen molar-refractivity contribution in [1.29, 1.82) is 0 Å². The molecule has 35 heavy (non-hydrogen) atoms. The fourth-order valence-electron chi connectivity index (χ4n) is 3.41. The van der Waals surface area contributed by atoms with Gasteiger partial charge in [-0.15, -0.1) is 11.3 Å². The topological polar surface area (TPSA) is 77.6 Å². The molecule has 0 radical (unpaired) electrons. The molecular weight excluding hydrogens is 530 g/mol. The Bertz CT molecular complexity index is 1410. The number of thiazole rings is 1. The summed E-state index contributed by atoms with van der Waals surface area (Å²) in [5.41, 5.74) is 3.47. The molecule has 0 saturated heterocycles. The first-order valence-corrected chi connectivity index (χ1v) is 12.3.